The minimum Gasteiger partial charge on any atom is -0.508 e. The molecule has 0 spiro atoms. The van der Waals surface area contributed by atoms with Crippen molar-refractivity contribution in [1.29, 1.82) is 0 Å². The topological polar surface area (TPSA) is 57.5 Å². The Kier molecular flexibility index (Phi) is 4.02. The molecular weight excluding hydrogens is 308 g/mol. The van der Waals surface area contributed by atoms with Gasteiger partial charge in [-0.15, -0.1) is 0 Å². The highest BCUT2D eigenvalue weighted by atomic mass is 79.9. The van der Waals surface area contributed by atoms with Crippen molar-refractivity contribution in [3.63, 3.8) is 0 Å². The summed E-state index contributed by atoms with van der Waals surface area (Å²) in [6.07, 6.45) is 3.77. The van der Waals surface area contributed by atoms with Gasteiger partial charge >= 0.3 is 5.97 Å². The molecular formula is C15H11BrO3. The molecule has 0 radical (unpaired) electrons. The van der Waals surface area contributed by atoms with E-state index in [4.69, 9.17) is 5.11 Å². The molecule has 0 saturated heterocycles. The third kappa shape index (κ3) is 3.45. The molecule has 2 rings (SSSR count). The van der Waals surface area contributed by atoms with Crippen LogP contribution in [0.5, 0.6) is 5.75 Å². The van der Waals surface area contributed by atoms with Crippen LogP contribution in [0.4, 0.5) is 0 Å². The third-order valence-corrected chi connectivity index (χ3v) is 3.28. The highest BCUT2D eigenvalue weighted by Crippen LogP contribution is 2.23. The van der Waals surface area contributed by atoms with Gasteiger partial charge in [-0.2, -0.15) is 0 Å². The number of carboxylic acid groups (broad SMARTS) is 1. The largest absolute Gasteiger partial charge is 0.508 e. The zero-order chi connectivity index (χ0) is 13.8. The average molecular weight is 319 g/mol. The van der Waals surface area contributed by atoms with Gasteiger partial charge in [-0.25, -0.2) is 4.79 Å². The molecule has 96 valence electrons. The molecule has 0 saturated carbocycles. The van der Waals surface area contributed by atoms with Crippen molar-refractivity contribution in [1.82, 2.24) is 0 Å². The zero-order valence-electron chi connectivity index (χ0n) is 9.88. The summed E-state index contributed by atoms with van der Waals surface area (Å²) in [6.45, 7) is 0. The van der Waals surface area contributed by atoms with Crippen LogP contribution in [0, 0.1) is 0 Å². The monoisotopic (exact) mass is 318 g/mol. The lowest BCUT2D eigenvalue weighted by Gasteiger charge is -2.00. The molecule has 0 aromatic heterocycles. The molecule has 0 atom stereocenters. The Labute approximate surface area is 119 Å². The highest BCUT2D eigenvalue weighted by molar-refractivity contribution is 9.10. The number of aromatic carboxylic acids is 1. The van der Waals surface area contributed by atoms with Gasteiger partial charge in [0.15, 0.2) is 0 Å². The lowest BCUT2D eigenvalue weighted by molar-refractivity contribution is 0.0697. The van der Waals surface area contributed by atoms with E-state index >= 15 is 0 Å². The van der Waals surface area contributed by atoms with E-state index in [1.807, 2.05) is 12.2 Å². The van der Waals surface area contributed by atoms with Gasteiger partial charge in [0.25, 0.3) is 0 Å². The van der Waals surface area contributed by atoms with Gasteiger partial charge in [0.1, 0.15) is 5.75 Å². The molecule has 3 nitrogen and oxygen atoms in total. The van der Waals surface area contributed by atoms with Crippen LogP contribution in [0.15, 0.2) is 46.9 Å². The number of phenols is 1. The predicted octanol–water partition coefficient (Wildman–Crippen LogP) is 4.02. The van der Waals surface area contributed by atoms with Crippen molar-refractivity contribution in [2.45, 2.75) is 0 Å². The van der Waals surface area contributed by atoms with Crippen LogP contribution in [0.1, 0.15) is 21.5 Å². The van der Waals surface area contributed by atoms with Crippen molar-refractivity contribution in [3.8, 4) is 5.75 Å². The first-order chi connectivity index (χ1) is 9.06. The number of hydrogen-bond donors (Lipinski definition) is 2. The highest BCUT2D eigenvalue weighted by Gasteiger charge is 2.00. The van der Waals surface area contributed by atoms with Crippen LogP contribution in [0.2, 0.25) is 0 Å². The Balaban J connectivity index is 2.20. The lowest BCUT2D eigenvalue weighted by Crippen LogP contribution is -1.94. The molecule has 0 heterocycles. The SMILES string of the molecule is O=C(O)c1ccc(/C=C/c2ccc(O)cc2Br)cc1. The fraction of sp³-hybridized carbons (Fsp3) is 0. The fourth-order valence-corrected chi connectivity index (χ4v) is 2.07. The van der Waals surface area contributed by atoms with Gasteiger partial charge in [0, 0.05) is 4.47 Å². The Morgan fingerprint density at radius 2 is 1.74 bits per heavy atom. The van der Waals surface area contributed by atoms with Crippen molar-refractivity contribution >= 4 is 34.1 Å². The molecule has 2 N–H and O–H groups in total. The first-order valence-corrected chi connectivity index (χ1v) is 6.35. The summed E-state index contributed by atoms with van der Waals surface area (Å²) in [6, 6.07) is 11.6. The average Bonchev–Trinajstić information content (AvgIpc) is 2.38. The summed E-state index contributed by atoms with van der Waals surface area (Å²) in [4.78, 5) is 10.7. The molecule has 0 aliphatic heterocycles. The number of carboxylic acids is 1. The fourth-order valence-electron chi connectivity index (χ4n) is 1.57. The molecule has 2 aromatic carbocycles. The molecule has 2 aromatic rings. The van der Waals surface area contributed by atoms with E-state index in [0.717, 1.165) is 15.6 Å². The van der Waals surface area contributed by atoms with E-state index in [9.17, 15) is 9.90 Å². The van der Waals surface area contributed by atoms with E-state index in [1.165, 1.54) is 0 Å². The van der Waals surface area contributed by atoms with Crippen molar-refractivity contribution in [2.24, 2.45) is 0 Å². The van der Waals surface area contributed by atoms with Crippen molar-refractivity contribution < 1.29 is 15.0 Å². The van der Waals surface area contributed by atoms with Gasteiger partial charge in [0.2, 0.25) is 0 Å². The van der Waals surface area contributed by atoms with Crippen LogP contribution in [-0.2, 0) is 0 Å². The van der Waals surface area contributed by atoms with E-state index in [2.05, 4.69) is 15.9 Å². The zero-order valence-corrected chi connectivity index (χ0v) is 11.5. The van der Waals surface area contributed by atoms with Crippen LogP contribution < -0.4 is 0 Å². The maximum Gasteiger partial charge on any atom is 0.335 e. The molecule has 19 heavy (non-hydrogen) atoms. The number of rotatable bonds is 3. The van der Waals surface area contributed by atoms with Crippen molar-refractivity contribution in [2.75, 3.05) is 0 Å². The van der Waals surface area contributed by atoms with E-state index in [1.54, 1.807) is 42.5 Å². The minimum atomic E-state index is -0.934. The van der Waals surface area contributed by atoms with Gasteiger partial charge < -0.3 is 10.2 Å². The number of hydrogen-bond acceptors (Lipinski definition) is 2. The number of carbonyl (C=O) groups is 1. The molecule has 0 aliphatic carbocycles. The summed E-state index contributed by atoms with van der Waals surface area (Å²) in [5, 5.41) is 18.1. The molecule has 0 unspecified atom stereocenters. The van der Waals surface area contributed by atoms with Crippen LogP contribution >= 0.6 is 15.9 Å². The molecule has 0 amide bonds. The summed E-state index contributed by atoms with van der Waals surface area (Å²) < 4.78 is 0.797. The molecule has 0 bridgehead atoms. The predicted molar refractivity (Wildman–Crippen MR) is 78.1 cm³/mol. The van der Waals surface area contributed by atoms with Crippen LogP contribution in [-0.4, -0.2) is 16.2 Å². The van der Waals surface area contributed by atoms with Crippen LogP contribution in [0.25, 0.3) is 12.2 Å². The third-order valence-electron chi connectivity index (χ3n) is 2.60. The summed E-state index contributed by atoms with van der Waals surface area (Å²) in [5.41, 5.74) is 2.10. The van der Waals surface area contributed by atoms with E-state index in [-0.39, 0.29) is 11.3 Å². The first-order valence-electron chi connectivity index (χ1n) is 5.56. The van der Waals surface area contributed by atoms with Crippen molar-refractivity contribution in [3.05, 3.63) is 63.6 Å². The minimum absolute atomic E-state index is 0.204. The van der Waals surface area contributed by atoms with E-state index < -0.39 is 5.97 Å². The molecule has 0 aliphatic rings. The quantitative estimate of drug-likeness (QED) is 0.840. The summed E-state index contributed by atoms with van der Waals surface area (Å²) in [5.74, 6) is -0.730. The number of halogens is 1. The van der Waals surface area contributed by atoms with Crippen LogP contribution in [0.3, 0.4) is 0 Å². The normalized spacial score (nSPS) is 10.8. The second kappa shape index (κ2) is 5.71. The first kappa shape index (κ1) is 13.4. The second-order valence-corrected chi connectivity index (χ2v) is 4.82. The summed E-state index contributed by atoms with van der Waals surface area (Å²) >= 11 is 3.36. The molecule has 0 fully saturated rings. The number of phenolic OH excluding ortho intramolecular Hbond substituents is 1. The van der Waals surface area contributed by atoms with Gasteiger partial charge in [0.05, 0.1) is 5.56 Å². The molecule has 4 heteroatoms. The maximum absolute atomic E-state index is 10.7. The summed E-state index contributed by atoms with van der Waals surface area (Å²) in [7, 11) is 0. The van der Waals surface area contributed by atoms with E-state index in [0.29, 0.717) is 0 Å². The number of aromatic hydroxyl groups is 1. The number of benzene rings is 2. The second-order valence-electron chi connectivity index (χ2n) is 3.97. The Hall–Kier alpha value is -2.07. The van der Waals surface area contributed by atoms with Gasteiger partial charge in [-0.05, 0) is 35.4 Å². The Morgan fingerprint density at radius 3 is 2.32 bits per heavy atom. The Bertz CT molecular complexity index is 630. The Morgan fingerprint density at radius 1 is 1.05 bits per heavy atom. The maximum atomic E-state index is 10.7. The lowest BCUT2D eigenvalue weighted by atomic mass is 10.1. The van der Waals surface area contributed by atoms with Gasteiger partial charge in [-0.1, -0.05) is 46.3 Å². The van der Waals surface area contributed by atoms with Gasteiger partial charge in [-0.3, -0.25) is 0 Å². The standard InChI is InChI=1S/C15H11BrO3/c16-14-9-13(17)8-7-11(14)4-1-10-2-5-12(6-3-10)15(18)19/h1-9,17H,(H,18,19)/b4-1+. The smallest absolute Gasteiger partial charge is 0.335 e.